The summed E-state index contributed by atoms with van der Waals surface area (Å²) in [6.45, 7) is 3.82. The second-order valence-corrected chi connectivity index (χ2v) is 5.33. The molecule has 0 aromatic rings. The molecule has 142 valence electrons. The highest BCUT2D eigenvalue weighted by Gasteiger charge is 2.43. The summed E-state index contributed by atoms with van der Waals surface area (Å²) in [5.41, 5.74) is 1.54. The molecule has 0 saturated heterocycles. The van der Waals surface area contributed by atoms with Crippen molar-refractivity contribution in [3.63, 3.8) is 0 Å². The maximum Gasteiger partial charge on any atom is 0.377 e. The Labute approximate surface area is 146 Å². The molecular weight excluding hydrogens is 332 g/mol. The van der Waals surface area contributed by atoms with E-state index in [4.69, 9.17) is 29.6 Å². The van der Waals surface area contributed by atoms with Gasteiger partial charge in [-0.3, -0.25) is 5.41 Å². The van der Waals surface area contributed by atoms with E-state index < -0.39 is 23.3 Å². The topological polar surface area (TPSA) is 127 Å². The van der Waals surface area contributed by atoms with Gasteiger partial charge in [-0.2, -0.15) is 0 Å². The Hall–Kier alpha value is -2.13. The van der Waals surface area contributed by atoms with Crippen LogP contribution in [0.1, 0.15) is 39.5 Å². The second-order valence-electron chi connectivity index (χ2n) is 5.33. The molecule has 1 saturated carbocycles. The molecule has 9 nitrogen and oxygen atoms in total. The summed E-state index contributed by atoms with van der Waals surface area (Å²) < 4.78 is 15.2. The molecule has 9 heteroatoms. The van der Waals surface area contributed by atoms with E-state index in [0.29, 0.717) is 25.9 Å². The number of nitrogens with one attached hydrogen (secondary N) is 2. The predicted molar refractivity (Wildman–Crippen MR) is 87.5 cm³/mol. The Bertz CT molecular complexity index is 501. The monoisotopic (exact) mass is 358 g/mol. The maximum absolute atomic E-state index is 11.8. The number of ether oxygens (including phenoxy) is 3. The first-order valence-electron chi connectivity index (χ1n) is 8.31. The average molecular weight is 358 g/mol. The molecule has 0 radical (unpaired) electrons. The standard InChI is InChI=1S/C16H26N2O7/c1-3-22-13(20)11-12(14(21)23-4-2)25-18-15(17)16(7-5-8-16)24-10-6-9-19/h11,19H,3-10H2,1-2H3,(H2,17,18). The molecule has 1 rings (SSSR count). The molecule has 0 atom stereocenters. The first-order chi connectivity index (χ1) is 12.0. The number of hydroxylamine groups is 1. The Morgan fingerprint density at radius 2 is 1.92 bits per heavy atom. The number of amidine groups is 1. The van der Waals surface area contributed by atoms with Gasteiger partial charge in [0.2, 0.25) is 5.76 Å². The molecule has 0 aromatic carbocycles. The largest absolute Gasteiger partial charge is 0.463 e. The van der Waals surface area contributed by atoms with Crippen molar-refractivity contribution >= 4 is 17.8 Å². The fourth-order valence-corrected chi connectivity index (χ4v) is 2.12. The zero-order chi connectivity index (χ0) is 18.7. The molecule has 1 aliphatic rings. The van der Waals surface area contributed by atoms with Crippen LogP contribution in [-0.2, 0) is 28.6 Å². The van der Waals surface area contributed by atoms with Crippen molar-refractivity contribution in [1.29, 1.82) is 5.41 Å². The van der Waals surface area contributed by atoms with Crippen molar-refractivity contribution in [2.75, 3.05) is 26.4 Å². The molecule has 0 aromatic heterocycles. The van der Waals surface area contributed by atoms with Crippen molar-refractivity contribution in [3.05, 3.63) is 11.8 Å². The quantitative estimate of drug-likeness (QED) is 0.0942. The molecule has 0 unspecified atom stereocenters. The van der Waals surface area contributed by atoms with Crippen LogP contribution in [0.25, 0.3) is 0 Å². The zero-order valence-corrected chi connectivity index (χ0v) is 14.6. The number of carbonyl (C=O) groups excluding carboxylic acids is 2. The zero-order valence-electron chi connectivity index (χ0n) is 14.6. The maximum atomic E-state index is 11.8. The summed E-state index contributed by atoms with van der Waals surface area (Å²) in [6, 6.07) is 0. The summed E-state index contributed by atoms with van der Waals surface area (Å²) in [5.74, 6) is -2.07. The van der Waals surface area contributed by atoms with Crippen LogP contribution in [0, 0.1) is 5.41 Å². The molecule has 25 heavy (non-hydrogen) atoms. The first-order valence-corrected chi connectivity index (χ1v) is 8.31. The van der Waals surface area contributed by atoms with Crippen LogP contribution in [0.2, 0.25) is 0 Å². The van der Waals surface area contributed by atoms with E-state index in [9.17, 15) is 9.59 Å². The van der Waals surface area contributed by atoms with Gasteiger partial charge in [0, 0.05) is 6.61 Å². The third-order valence-corrected chi connectivity index (χ3v) is 3.57. The third kappa shape index (κ3) is 6.35. The highest BCUT2D eigenvalue weighted by atomic mass is 16.7. The second kappa shape index (κ2) is 10.7. The van der Waals surface area contributed by atoms with Crippen LogP contribution in [0.4, 0.5) is 0 Å². The van der Waals surface area contributed by atoms with Gasteiger partial charge < -0.3 is 24.2 Å². The fraction of sp³-hybridized carbons (Fsp3) is 0.688. The van der Waals surface area contributed by atoms with Crippen LogP contribution < -0.4 is 5.48 Å². The number of hydrogen-bond donors (Lipinski definition) is 3. The van der Waals surface area contributed by atoms with Gasteiger partial charge in [0.1, 0.15) is 5.60 Å². The fourth-order valence-electron chi connectivity index (χ4n) is 2.12. The number of hydrogen-bond acceptors (Lipinski definition) is 8. The van der Waals surface area contributed by atoms with Crippen molar-refractivity contribution in [2.24, 2.45) is 0 Å². The lowest BCUT2D eigenvalue weighted by atomic mass is 9.79. The van der Waals surface area contributed by atoms with E-state index in [1.54, 1.807) is 13.8 Å². The van der Waals surface area contributed by atoms with E-state index in [0.717, 1.165) is 12.5 Å². The lowest BCUT2D eigenvalue weighted by molar-refractivity contribution is -0.145. The Balaban J connectivity index is 2.69. The number of aliphatic hydroxyl groups is 1. The Morgan fingerprint density at radius 3 is 2.44 bits per heavy atom. The summed E-state index contributed by atoms with van der Waals surface area (Å²) in [6.07, 6.45) is 3.48. The van der Waals surface area contributed by atoms with Crippen molar-refractivity contribution in [3.8, 4) is 0 Å². The number of aliphatic hydroxyl groups excluding tert-OH is 1. The third-order valence-electron chi connectivity index (χ3n) is 3.57. The SMILES string of the molecule is CCOC(=O)C=C(ONC(=N)C1(OCCCO)CCC1)C(=O)OCC. The molecule has 0 amide bonds. The lowest BCUT2D eigenvalue weighted by Gasteiger charge is -2.41. The van der Waals surface area contributed by atoms with Crippen LogP contribution in [0.3, 0.4) is 0 Å². The average Bonchev–Trinajstić information content (AvgIpc) is 2.54. The minimum atomic E-state index is -0.847. The van der Waals surface area contributed by atoms with Crippen molar-refractivity contribution in [1.82, 2.24) is 5.48 Å². The molecule has 1 fully saturated rings. The summed E-state index contributed by atoms with van der Waals surface area (Å²) in [7, 11) is 0. The van der Waals surface area contributed by atoms with Gasteiger partial charge in [0.15, 0.2) is 5.84 Å². The minimum Gasteiger partial charge on any atom is -0.463 e. The van der Waals surface area contributed by atoms with Crippen molar-refractivity contribution < 1.29 is 33.7 Å². The Morgan fingerprint density at radius 1 is 1.24 bits per heavy atom. The number of carbonyl (C=O) groups is 2. The van der Waals surface area contributed by atoms with E-state index in [1.807, 2.05) is 0 Å². The molecular formula is C16H26N2O7. The Kier molecular flexibility index (Phi) is 8.93. The molecule has 0 aliphatic heterocycles. The van der Waals surface area contributed by atoms with E-state index >= 15 is 0 Å². The van der Waals surface area contributed by atoms with Gasteiger partial charge in [0.05, 0.1) is 25.9 Å². The normalized spacial score (nSPS) is 15.7. The van der Waals surface area contributed by atoms with Gasteiger partial charge in [0.25, 0.3) is 0 Å². The summed E-state index contributed by atoms with van der Waals surface area (Å²) in [5, 5.41) is 16.9. The highest BCUT2D eigenvalue weighted by Crippen LogP contribution is 2.36. The van der Waals surface area contributed by atoms with Crippen LogP contribution in [0.5, 0.6) is 0 Å². The summed E-state index contributed by atoms with van der Waals surface area (Å²) in [4.78, 5) is 28.5. The lowest BCUT2D eigenvalue weighted by Crippen LogP contribution is -2.53. The molecule has 0 bridgehead atoms. The van der Waals surface area contributed by atoms with Gasteiger partial charge in [-0.05, 0) is 39.5 Å². The van der Waals surface area contributed by atoms with Gasteiger partial charge in [-0.15, -0.1) is 0 Å². The predicted octanol–water partition coefficient (Wildman–Crippen LogP) is 0.817. The highest BCUT2D eigenvalue weighted by molar-refractivity contribution is 5.95. The van der Waals surface area contributed by atoms with Gasteiger partial charge >= 0.3 is 11.9 Å². The first kappa shape index (κ1) is 20.9. The van der Waals surface area contributed by atoms with Gasteiger partial charge in [-0.25, -0.2) is 15.1 Å². The summed E-state index contributed by atoms with van der Waals surface area (Å²) >= 11 is 0. The van der Waals surface area contributed by atoms with Gasteiger partial charge in [-0.1, -0.05) is 0 Å². The molecule has 0 spiro atoms. The smallest absolute Gasteiger partial charge is 0.377 e. The van der Waals surface area contributed by atoms with Crippen LogP contribution in [-0.4, -0.2) is 54.9 Å². The molecule has 1 aliphatic carbocycles. The molecule has 0 heterocycles. The van der Waals surface area contributed by atoms with Crippen LogP contribution >= 0.6 is 0 Å². The van der Waals surface area contributed by atoms with Crippen LogP contribution in [0.15, 0.2) is 11.8 Å². The minimum absolute atomic E-state index is 0.00261. The molecule has 3 N–H and O–H groups in total. The van der Waals surface area contributed by atoms with E-state index in [1.165, 1.54) is 0 Å². The van der Waals surface area contributed by atoms with Crippen molar-refractivity contribution in [2.45, 2.75) is 45.1 Å². The van der Waals surface area contributed by atoms with E-state index in [2.05, 4.69) is 5.48 Å². The van der Waals surface area contributed by atoms with E-state index in [-0.39, 0.29) is 25.7 Å². The number of esters is 2. The number of rotatable bonds is 11.